The van der Waals surface area contributed by atoms with E-state index < -0.39 is 0 Å². The molecule has 0 saturated heterocycles. The Balaban J connectivity index is 2.89. The van der Waals surface area contributed by atoms with Gasteiger partial charge < -0.3 is 0 Å². The maximum atomic E-state index is 2.63. The van der Waals surface area contributed by atoms with E-state index >= 15 is 0 Å². The summed E-state index contributed by atoms with van der Waals surface area (Å²) in [5.41, 5.74) is 1.44. The van der Waals surface area contributed by atoms with Crippen molar-refractivity contribution in [3.05, 3.63) is 46.7 Å². The highest BCUT2D eigenvalue weighted by Gasteiger charge is 2.43. The first-order valence-electron chi connectivity index (χ1n) is 5.11. The summed E-state index contributed by atoms with van der Waals surface area (Å²) < 4.78 is 10.9. The molecule has 2 rings (SSSR count). The van der Waals surface area contributed by atoms with Crippen molar-refractivity contribution in [2.45, 2.75) is 3.42 Å². The lowest BCUT2D eigenvalue weighted by atomic mass is 9.94. The lowest BCUT2D eigenvalue weighted by Crippen LogP contribution is -2.26. The number of halogens is 9. The number of hydrogen-bond donors (Lipinski definition) is 0. The molecule has 1 radical (unpaired) electrons. The number of benzene rings is 1. The fourth-order valence-electron chi connectivity index (χ4n) is 1.74. The van der Waals surface area contributed by atoms with Gasteiger partial charge in [0.25, 0.3) is 0 Å². The van der Waals surface area contributed by atoms with Crippen LogP contribution in [0.5, 0.6) is 0 Å². The highest BCUT2D eigenvalue weighted by Crippen LogP contribution is 2.58. The van der Waals surface area contributed by atoms with Gasteiger partial charge in [-0.15, -0.1) is 0 Å². The van der Waals surface area contributed by atoms with E-state index in [0.717, 1.165) is 0 Å². The monoisotopic (exact) mass is 1290 g/mol. The van der Waals surface area contributed by atoms with Crippen molar-refractivity contribution in [3.63, 3.8) is 0 Å². The summed E-state index contributed by atoms with van der Waals surface area (Å²) in [5.74, 6) is 0. The Morgan fingerprint density at radius 2 is 1.10 bits per heavy atom. The largest absolute Gasteiger partial charge is 0.111 e. The SMILES string of the molecule is IC1=C[CH]C(I)=C(I)C1(I)c1c(I)c(I)c(I)c(I)c1I. The van der Waals surface area contributed by atoms with Crippen LogP contribution in [0.2, 0.25) is 0 Å². The summed E-state index contributed by atoms with van der Waals surface area (Å²) in [7, 11) is 0. The van der Waals surface area contributed by atoms with Crippen LogP contribution in [0.25, 0.3) is 0 Å². The minimum atomic E-state index is -0.0681. The van der Waals surface area contributed by atoms with E-state index in [9.17, 15) is 0 Å². The van der Waals surface area contributed by atoms with Crippen molar-refractivity contribution in [1.29, 1.82) is 0 Å². The van der Waals surface area contributed by atoms with Crippen LogP contribution in [0.4, 0.5) is 0 Å². The molecule has 1 unspecified atom stereocenters. The standard InChI is InChI=1S/C12H2I9/c13-3-1-2-4(14)12(21,11(3)20)5-6(15)8(17)10(19)9(18)7(5)16/h1-2H. The van der Waals surface area contributed by atoms with Crippen molar-refractivity contribution in [2.24, 2.45) is 0 Å². The van der Waals surface area contributed by atoms with E-state index in [0.29, 0.717) is 0 Å². The summed E-state index contributed by atoms with van der Waals surface area (Å²) in [6.07, 6.45) is 4.46. The van der Waals surface area contributed by atoms with Crippen molar-refractivity contribution in [2.75, 3.05) is 0 Å². The van der Waals surface area contributed by atoms with Crippen LogP contribution in [0.15, 0.2) is 16.8 Å². The van der Waals surface area contributed by atoms with Gasteiger partial charge in [0.2, 0.25) is 0 Å². The molecular formula is C12H2I9. The maximum absolute atomic E-state index is 2.63. The lowest BCUT2D eigenvalue weighted by molar-refractivity contribution is 0.978. The molecule has 0 aromatic heterocycles. The smallest absolute Gasteiger partial charge is 0.0642 e. The van der Waals surface area contributed by atoms with Crippen LogP contribution in [0.1, 0.15) is 5.56 Å². The molecule has 21 heavy (non-hydrogen) atoms. The van der Waals surface area contributed by atoms with Gasteiger partial charge in [0.05, 0.1) is 0 Å². The molecule has 113 valence electrons. The highest BCUT2D eigenvalue weighted by atomic mass is 127. The molecule has 0 N–H and O–H groups in total. The highest BCUT2D eigenvalue weighted by molar-refractivity contribution is 14.1. The Morgan fingerprint density at radius 3 is 1.57 bits per heavy atom. The Kier molecular flexibility index (Phi) is 9.86. The third-order valence-electron chi connectivity index (χ3n) is 2.77. The lowest BCUT2D eigenvalue weighted by Gasteiger charge is -2.34. The normalized spacial score (nSPS) is 22.6. The fraction of sp³-hybridized carbons (Fsp3) is 0.0833. The van der Waals surface area contributed by atoms with Crippen molar-refractivity contribution < 1.29 is 0 Å². The summed E-state index contributed by atoms with van der Waals surface area (Å²) in [6.45, 7) is 0. The predicted octanol–water partition coefficient (Wildman–Crippen LogP) is 8.96. The van der Waals surface area contributed by atoms with Crippen molar-refractivity contribution in [3.8, 4) is 0 Å². The quantitative estimate of drug-likeness (QED) is 0.114. The molecule has 9 heteroatoms. The van der Waals surface area contributed by atoms with E-state index in [4.69, 9.17) is 0 Å². The molecule has 0 spiro atoms. The summed E-state index contributed by atoms with van der Waals surface area (Å²) in [4.78, 5) is 0. The Labute approximate surface area is 247 Å². The van der Waals surface area contributed by atoms with Gasteiger partial charge in [0.1, 0.15) is 3.42 Å². The fourth-order valence-corrected chi connectivity index (χ4v) is 12.4. The topological polar surface area (TPSA) is 0 Å². The molecule has 1 aromatic rings. The van der Waals surface area contributed by atoms with Crippen LogP contribution >= 0.6 is 203 Å². The molecule has 0 bridgehead atoms. The van der Waals surface area contributed by atoms with Gasteiger partial charge >= 0.3 is 0 Å². The number of hydrogen-bond acceptors (Lipinski definition) is 0. The van der Waals surface area contributed by atoms with Gasteiger partial charge in [-0.1, -0.05) is 28.7 Å². The Bertz CT molecular complexity index is 659. The van der Waals surface area contributed by atoms with Gasteiger partial charge in [-0.3, -0.25) is 0 Å². The molecule has 0 amide bonds. The minimum absolute atomic E-state index is 0.0681. The first-order valence-corrected chi connectivity index (χ1v) is 14.8. The third-order valence-corrected chi connectivity index (χ3v) is 20.5. The Morgan fingerprint density at radius 1 is 0.667 bits per heavy atom. The minimum Gasteiger partial charge on any atom is -0.0642 e. The molecule has 1 aliphatic carbocycles. The number of rotatable bonds is 1. The van der Waals surface area contributed by atoms with E-state index in [-0.39, 0.29) is 3.42 Å². The summed E-state index contributed by atoms with van der Waals surface area (Å²) in [5, 5.41) is 0. The molecule has 0 aliphatic heterocycles. The zero-order valence-corrected chi connectivity index (χ0v) is 29.0. The second-order valence-electron chi connectivity index (χ2n) is 3.95. The molecule has 1 atom stereocenters. The average molecular weight is 1290 g/mol. The molecular weight excluding hydrogens is 1290 g/mol. The third kappa shape index (κ3) is 4.32. The maximum Gasteiger partial charge on any atom is 0.111 e. The summed E-state index contributed by atoms with van der Waals surface area (Å²) >= 11 is 22.6. The second kappa shape index (κ2) is 9.18. The van der Waals surface area contributed by atoms with Crippen LogP contribution in [0.3, 0.4) is 0 Å². The Hall–Kier alpha value is 5.27. The zero-order chi connectivity index (χ0) is 16.1. The van der Waals surface area contributed by atoms with Gasteiger partial charge in [-0.25, -0.2) is 0 Å². The van der Waals surface area contributed by atoms with E-state index in [1.807, 2.05) is 0 Å². The molecule has 0 fully saturated rings. The number of alkyl halides is 1. The predicted molar refractivity (Wildman–Crippen MR) is 167 cm³/mol. The van der Waals surface area contributed by atoms with Gasteiger partial charge in [-0.2, -0.15) is 0 Å². The van der Waals surface area contributed by atoms with Crippen molar-refractivity contribution in [1.82, 2.24) is 0 Å². The second-order valence-corrected chi connectivity index (χ2v) is 14.4. The number of allylic oxidation sites excluding steroid dienone is 4. The van der Waals surface area contributed by atoms with Crippen LogP contribution in [-0.4, -0.2) is 0 Å². The van der Waals surface area contributed by atoms with E-state index in [2.05, 4.69) is 216 Å². The van der Waals surface area contributed by atoms with Crippen LogP contribution in [-0.2, 0) is 3.42 Å². The van der Waals surface area contributed by atoms with E-state index in [1.54, 1.807) is 0 Å². The van der Waals surface area contributed by atoms with Crippen molar-refractivity contribution >= 4 is 203 Å². The van der Waals surface area contributed by atoms with Gasteiger partial charge in [-0.05, 0) is 181 Å². The van der Waals surface area contributed by atoms with Gasteiger partial charge in [0, 0.05) is 40.6 Å². The molecule has 0 saturated carbocycles. The summed E-state index contributed by atoms with van der Waals surface area (Å²) in [6, 6.07) is 0. The first kappa shape index (κ1) is 22.6. The molecule has 0 heterocycles. The van der Waals surface area contributed by atoms with Crippen LogP contribution in [0, 0.1) is 24.3 Å². The zero-order valence-electron chi connectivity index (χ0n) is 9.56. The van der Waals surface area contributed by atoms with Gasteiger partial charge in [0.15, 0.2) is 0 Å². The molecule has 1 aliphatic rings. The molecule has 0 nitrogen and oxygen atoms in total. The first-order chi connectivity index (χ1) is 9.63. The average Bonchev–Trinajstić information content (AvgIpc) is 2.45. The van der Waals surface area contributed by atoms with Crippen LogP contribution < -0.4 is 0 Å². The van der Waals surface area contributed by atoms with E-state index in [1.165, 1.54) is 34.2 Å². The molecule has 1 aromatic carbocycles.